The number of hydrogen-bond donors (Lipinski definition) is 0. The van der Waals surface area contributed by atoms with Crippen LogP contribution >= 0.6 is 11.6 Å². The highest BCUT2D eigenvalue weighted by atomic mass is 35.5. The molecule has 1 aliphatic heterocycles. The van der Waals surface area contributed by atoms with Gasteiger partial charge in [-0.1, -0.05) is 28.9 Å². The van der Waals surface area contributed by atoms with Crippen LogP contribution in [-0.2, 0) is 10.0 Å². The van der Waals surface area contributed by atoms with Crippen molar-refractivity contribution in [2.45, 2.75) is 17.7 Å². The van der Waals surface area contributed by atoms with Gasteiger partial charge in [-0.25, -0.2) is 8.42 Å². The van der Waals surface area contributed by atoms with E-state index in [1.165, 1.54) is 4.31 Å². The molecule has 4 rings (SSSR count). The second kappa shape index (κ2) is 6.83. The van der Waals surface area contributed by atoms with E-state index in [1.54, 1.807) is 36.4 Å². The molecule has 0 aliphatic carbocycles. The van der Waals surface area contributed by atoms with Crippen LogP contribution in [0.3, 0.4) is 0 Å². The summed E-state index contributed by atoms with van der Waals surface area (Å²) in [6.07, 6.45) is 1.82. The zero-order chi connectivity index (χ0) is 18.1. The Bertz CT molecular complexity index is 1030. The Morgan fingerprint density at radius 2 is 1.69 bits per heavy atom. The SMILES string of the molecule is O=S(=O)(c1ccc(-c2noc(-c3ccccc3Cl)n2)cc1)N1CCCC1. The van der Waals surface area contributed by atoms with Crippen molar-refractivity contribution in [2.24, 2.45) is 0 Å². The van der Waals surface area contributed by atoms with E-state index in [1.807, 2.05) is 12.1 Å². The standard InChI is InChI=1S/C18H16ClN3O3S/c19-16-6-2-1-5-15(16)18-20-17(21-25-18)13-7-9-14(10-8-13)26(23,24)22-11-3-4-12-22/h1-2,5-10H,3-4,11-12H2. The first-order valence-electron chi connectivity index (χ1n) is 8.25. The summed E-state index contributed by atoms with van der Waals surface area (Å²) in [7, 11) is -3.43. The molecule has 3 aromatic rings. The number of aromatic nitrogens is 2. The maximum absolute atomic E-state index is 12.6. The third-order valence-corrected chi connectivity index (χ3v) is 6.59. The van der Waals surface area contributed by atoms with Gasteiger partial charge in [-0.05, 0) is 49.2 Å². The molecule has 1 aliphatic rings. The van der Waals surface area contributed by atoms with E-state index in [0.29, 0.717) is 41.0 Å². The molecule has 0 spiro atoms. The van der Waals surface area contributed by atoms with Crippen molar-refractivity contribution in [1.29, 1.82) is 0 Å². The minimum atomic E-state index is -3.43. The van der Waals surface area contributed by atoms with E-state index in [-0.39, 0.29) is 4.90 Å². The Morgan fingerprint density at radius 1 is 1.00 bits per heavy atom. The molecule has 0 bridgehead atoms. The molecule has 0 N–H and O–H groups in total. The summed E-state index contributed by atoms with van der Waals surface area (Å²) in [6, 6.07) is 13.7. The van der Waals surface area contributed by atoms with E-state index in [0.717, 1.165) is 12.8 Å². The number of benzene rings is 2. The van der Waals surface area contributed by atoms with Crippen LogP contribution in [0.25, 0.3) is 22.8 Å². The van der Waals surface area contributed by atoms with Crippen LogP contribution in [-0.4, -0.2) is 36.0 Å². The smallest absolute Gasteiger partial charge is 0.259 e. The largest absolute Gasteiger partial charge is 0.334 e. The molecule has 1 aromatic heterocycles. The highest BCUT2D eigenvalue weighted by Gasteiger charge is 2.27. The molecule has 2 heterocycles. The van der Waals surface area contributed by atoms with Gasteiger partial charge in [-0.15, -0.1) is 0 Å². The molecule has 0 saturated carbocycles. The molecule has 2 aromatic carbocycles. The van der Waals surface area contributed by atoms with Crippen LogP contribution in [0.5, 0.6) is 0 Å². The van der Waals surface area contributed by atoms with Gasteiger partial charge < -0.3 is 4.52 Å². The Balaban J connectivity index is 1.61. The minimum absolute atomic E-state index is 0.276. The summed E-state index contributed by atoms with van der Waals surface area (Å²) in [5, 5.41) is 4.49. The van der Waals surface area contributed by atoms with E-state index < -0.39 is 10.0 Å². The van der Waals surface area contributed by atoms with Gasteiger partial charge >= 0.3 is 0 Å². The molecule has 0 radical (unpaired) electrons. The van der Waals surface area contributed by atoms with E-state index in [4.69, 9.17) is 16.1 Å². The fourth-order valence-electron chi connectivity index (χ4n) is 2.94. The van der Waals surface area contributed by atoms with E-state index in [2.05, 4.69) is 10.1 Å². The summed E-state index contributed by atoms with van der Waals surface area (Å²) in [5.41, 5.74) is 1.33. The summed E-state index contributed by atoms with van der Waals surface area (Å²) < 4.78 is 32.0. The summed E-state index contributed by atoms with van der Waals surface area (Å²) in [5.74, 6) is 0.699. The number of halogens is 1. The van der Waals surface area contributed by atoms with Crippen molar-refractivity contribution in [3.8, 4) is 22.8 Å². The van der Waals surface area contributed by atoms with Gasteiger partial charge in [0, 0.05) is 18.7 Å². The van der Waals surface area contributed by atoms with E-state index >= 15 is 0 Å². The number of hydrogen-bond acceptors (Lipinski definition) is 5. The second-order valence-electron chi connectivity index (χ2n) is 6.04. The van der Waals surface area contributed by atoms with Crippen molar-refractivity contribution >= 4 is 21.6 Å². The molecule has 134 valence electrons. The van der Waals surface area contributed by atoms with Crippen molar-refractivity contribution in [3.63, 3.8) is 0 Å². The lowest BCUT2D eigenvalue weighted by molar-refractivity contribution is 0.432. The van der Waals surface area contributed by atoms with Gasteiger partial charge in [-0.2, -0.15) is 9.29 Å². The molecule has 8 heteroatoms. The molecule has 26 heavy (non-hydrogen) atoms. The summed E-state index contributed by atoms with van der Waals surface area (Å²) >= 11 is 6.15. The van der Waals surface area contributed by atoms with Gasteiger partial charge in [0.15, 0.2) is 0 Å². The quantitative estimate of drug-likeness (QED) is 0.677. The second-order valence-corrected chi connectivity index (χ2v) is 8.38. The first-order chi connectivity index (χ1) is 12.6. The normalized spacial score (nSPS) is 15.4. The molecule has 0 amide bonds. The fraction of sp³-hybridized carbons (Fsp3) is 0.222. The average Bonchev–Trinajstić information content (AvgIpc) is 3.35. The Kier molecular flexibility index (Phi) is 4.52. The van der Waals surface area contributed by atoms with Gasteiger partial charge in [0.1, 0.15) is 0 Å². The minimum Gasteiger partial charge on any atom is -0.334 e. The maximum atomic E-state index is 12.6. The Morgan fingerprint density at radius 3 is 2.38 bits per heavy atom. The molecule has 1 fully saturated rings. The first-order valence-corrected chi connectivity index (χ1v) is 10.1. The van der Waals surface area contributed by atoms with Crippen LogP contribution < -0.4 is 0 Å². The maximum Gasteiger partial charge on any atom is 0.259 e. The average molecular weight is 390 g/mol. The lowest BCUT2D eigenvalue weighted by atomic mass is 10.2. The van der Waals surface area contributed by atoms with Crippen LogP contribution in [0.15, 0.2) is 57.9 Å². The monoisotopic (exact) mass is 389 g/mol. The number of nitrogens with zero attached hydrogens (tertiary/aromatic N) is 3. The third kappa shape index (κ3) is 3.13. The number of rotatable bonds is 4. The van der Waals surface area contributed by atoms with Crippen LogP contribution in [0.4, 0.5) is 0 Å². The van der Waals surface area contributed by atoms with Crippen molar-refractivity contribution in [1.82, 2.24) is 14.4 Å². The summed E-state index contributed by atoms with van der Waals surface area (Å²) in [4.78, 5) is 4.63. The molecular weight excluding hydrogens is 374 g/mol. The van der Waals surface area contributed by atoms with Crippen molar-refractivity contribution in [3.05, 3.63) is 53.6 Å². The van der Waals surface area contributed by atoms with Gasteiger partial charge in [0.25, 0.3) is 5.89 Å². The lowest BCUT2D eigenvalue weighted by Gasteiger charge is -2.15. The first kappa shape index (κ1) is 17.2. The molecular formula is C18H16ClN3O3S. The Labute approximate surface area is 156 Å². The predicted molar refractivity (Wildman–Crippen MR) is 98.2 cm³/mol. The fourth-order valence-corrected chi connectivity index (χ4v) is 4.67. The molecule has 0 unspecified atom stereocenters. The Hall–Kier alpha value is -2.22. The van der Waals surface area contributed by atoms with Crippen LogP contribution in [0.2, 0.25) is 5.02 Å². The highest BCUT2D eigenvalue weighted by Crippen LogP contribution is 2.29. The summed E-state index contributed by atoms with van der Waals surface area (Å²) in [6.45, 7) is 1.16. The van der Waals surface area contributed by atoms with Gasteiger partial charge in [-0.3, -0.25) is 0 Å². The van der Waals surface area contributed by atoms with Gasteiger partial charge in [0.05, 0.1) is 15.5 Å². The lowest BCUT2D eigenvalue weighted by Crippen LogP contribution is -2.27. The zero-order valence-electron chi connectivity index (χ0n) is 13.8. The zero-order valence-corrected chi connectivity index (χ0v) is 15.4. The molecule has 1 saturated heterocycles. The molecule has 6 nitrogen and oxygen atoms in total. The highest BCUT2D eigenvalue weighted by molar-refractivity contribution is 7.89. The van der Waals surface area contributed by atoms with Crippen molar-refractivity contribution in [2.75, 3.05) is 13.1 Å². The van der Waals surface area contributed by atoms with Crippen LogP contribution in [0, 0.1) is 0 Å². The third-order valence-electron chi connectivity index (χ3n) is 4.35. The predicted octanol–water partition coefficient (Wildman–Crippen LogP) is 3.84. The topological polar surface area (TPSA) is 76.3 Å². The van der Waals surface area contributed by atoms with Gasteiger partial charge in [0.2, 0.25) is 15.8 Å². The van der Waals surface area contributed by atoms with Crippen molar-refractivity contribution < 1.29 is 12.9 Å². The number of sulfonamides is 1. The van der Waals surface area contributed by atoms with E-state index in [9.17, 15) is 8.42 Å². The van der Waals surface area contributed by atoms with Crippen LogP contribution in [0.1, 0.15) is 12.8 Å². The molecule has 0 atom stereocenters.